The van der Waals surface area contributed by atoms with Crippen LogP contribution in [0.4, 0.5) is 11.5 Å². The predicted molar refractivity (Wildman–Crippen MR) is 74.2 cm³/mol. The molecule has 0 unspecified atom stereocenters. The van der Waals surface area contributed by atoms with E-state index in [9.17, 15) is 14.9 Å². The van der Waals surface area contributed by atoms with Gasteiger partial charge in [0.1, 0.15) is 12.0 Å². The Hall–Kier alpha value is -2.18. The van der Waals surface area contributed by atoms with Gasteiger partial charge in [0.25, 0.3) is 5.69 Å². The largest absolute Gasteiger partial charge is 0.369 e. The first kappa shape index (κ1) is 14.2. The number of nitrogens with zero attached hydrogens (tertiary/aromatic N) is 2. The van der Waals surface area contributed by atoms with Crippen molar-refractivity contribution in [2.75, 3.05) is 5.32 Å². The lowest BCUT2D eigenvalue weighted by Gasteiger charge is -2.30. The van der Waals surface area contributed by atoms with E-state index in [2.05, 4.69) is 10.3 Å². The molecule has 2 rings (SSSR count). The smallest absolute Gasteiger partial charge is 0.290 e. The van der Waals surface area contributed by atoms with Crippen molar-refractivity contribution in [3.05, 3.63) is 27.9 Å². The Morgan fingerprint density at radius 1 is 1.50 bits per heavy atom. The molecule has 7 heteroatoms. The van der Waals surface area contributed by atoms with Crippen LogP contribution in [0.25, 0.3) is 0 Å². The molecular formula is C13H18N4O3. The van der Waals surface area contributed by atoms with E-state index in [1.54, 1.807) is 13.0 Å². The van der Waals surface area contributed by atoms with Crippen LogP contribution < -0.4 is 11.1 Å². The SMILES string of the molecule is Cc1cc(N[C@H]2CCCC[C@@H]2C(N)=O)ncc1[N+](=O)[O-]. The highest BCUT2D eigenvalue weighted by molar-refractivity contribution is 5.78. The third-order valence-electron chi connectivity index (χ3n) is 3.74. The topological polar surface area (TPSA) is 111 Å². The lowest BCUT2D eigenvalue weighted by Crippen LogP contribution is -2.40. The molecule has 1 saturated carbocycles. The lowest BCUT2D eigenvalue weighted by atomic mass is 9.84. The summed E-state index contributed by atoms with van der Waals surface area (Å²) >= 11 is 0. The Labute approximate surface area is 116 Å². The van der Waals surface area contributed by atoms with Gasteiger partial charge in [-0.15, -0.1) is 0 Å². The number of hydrogen-bond acceptors (Lipinski definition) is 5. The van der Waals surface area contributed by atoms with Crippen molar-refractivity contribution in [3.63, 3.8) is 0 Å². The molecule has 1 amide bonds. The normalized spacial score (nSPS) is 22.2. The van der Waals surface area contributed by atoms with E-state index < -0.39 is 4.92 Å². The quantitative estimate of drug-likeness (QED) is 0.643. The summed E-state index contributed by atoms with van der Waals surface area (Å²) in [6.07, 6.45) is 4.90. The van der Waals surface area contributed by atoms with E-state index in [1.807, 2.05) is 0 Å². The summed E-state index contributed by atoms with van der Waals surface area (Å²) in [7, 11) is 0. The standard InChI is InChI=1S/C13H18N4O3/c1-8-6-12(15-7-11(8)17(19)20)16-10-5-3-2-4-9(10)13(14)18/h6-7,9-10H,2-5H2,1H3,(H2,14,18)(H,15,16)/t9-,10-/m0/s1. The summed E-state index contributed by atoms with van der Waals surface area (Å²) in [5.41, 5.74) is 5.95. The Balaban J connectivity index is 2.14. The van der Waals surface area contributed by atoms with Gasteiger partial charge in [0.05, 0.1) is 10.8 Å². The number of nitro groups is 1. The molecule has 0 bridgehead atoms. The first-order chi connectivity index (χ1) is 9.49. The molecule has 1 aromatic heterocycles. The Bertz CT molecular complexity index is 532. The van der Waals surface area contributed by atoms with Crippen LogP contribution in [0.1, 0.15) is 31.2 Å². The number of primary amides is 1. The third-order valence-corrected chi connectivity index (χ3v) is 3.74. The summed E-state index contributed by atoms with van der Waals surface area (Å²) in [5.74, 6) is 0.0353. The predicted octanol–water partition coefficient (Wildman–Crippen LogP) is 1.75. The number of pyridine rings is 1. The van der Waals surface area contributed by atoms with Gasteiger partial charge in [-0.25, -0.2) is 4.98 Å². The molecule has 1 aromatic rings. The number of anilines is 1. The van der Waals surface area contributed by atoms with E-state index in [0.29, 0.717) is 11.4 Å². The summed E-state index contributed by atoms with van der Waals surface area (Å²) in [4.78, 5) is 25.8. The van der Waals surface area contributed by atoms with E-state index in [-0.39, 0.29) is 23.6 Å². The van der Waals surface area contributed by atoms with Crippen molar-refractivity contribution in [1.82, 2.24) is 4.98 Å². The molecule has 1 fully saturated rings. The molecular weight excluding hydrogens is 260 g/mol. The van der Waals surface area contributed by atoms with Gasteiger partial charge in [0, 0.05) is 11.6 Å². The number of rotatable bonds is 4. The number of nitrogens with one attached hydrogen (secondary N) is 1. The van der Waals surface area contributed by atoms with Gasteiger partial charge in [-0.05, 0) is 25.8 Å². The third kappa shape index (κ3) is 3.04. The molecule has 0 aliphatic heterocycles. The summed E-state index contributed by atoms with van der Waals surface area (Å²) in [6.45, 7) is 1.66. The van der Waals surface area contributed by atoms with Crippen LogP contribution in [0.5, 0.6) is 0 Å². The van der Waals surface area contributed by atoms with Crippen LogP contribution in [0.3, 0.4) is 0 Å². The summed E-state index contributed by atoms with van der Waals surface area (Å²) < 4.78 is 0. The molecule has 2 atom stereocenters. The molecule has 0 radical (unpaired) electrons. The van der Waals surface area contributed by atoms with E-state index >= 15 is 0 Å². The van der Waals surface area contributed by atoms with Crippen LogP contribution in [0.2, 0.25) is 0 Å². The van der Waals surface area contributed by atoms with Gasteiger partial charge in [0.2, 0.25) is 5.91 Å². The highest BCUT2D eigenvalue weighted by Gasteiger charge is 2.29. The van der Waals surface area contributed by atoms with Crippen molar-refractivity contribution in [2.24, 2.45) is 11.7 Å². The number of aryl methyl sites for hydroxylation is 1. The van der Waals surface area contributed by atoms with E-state index in [0.717, 1.165) is 25.7 Å². The Kier molecular flexibility index (Phi) is 4.16. The highest BCUT2D eigenvalue weighted by Crippen LogP contribution is 2.27. The molecule has 3 N–H and O–H groups in total. The minimum atomic E-state index is -0.459. The zero-order valence-corrected chi connectivity index (χ0v) is 11.3. The van der Waals surface area contributed by atoms with Gasteiger partial charge in [-0.2, -0.15) is 0 Å². The molecule has 108 valence electrons. The first-order valence-corrected chi connectivity index (χ1v) is 6.66. The van der Waals surface area contributed by atoms with Gasteiger partial charge in [0.15, 0.2) is 0 Å². The first-order valence-electron chi connectivity index (χ1n) is 6.66. The molecule has 1 aliphatic carbocycles. The maximum atomic E-state index is 11.4. The number of hydrogen-bond donors (Lipinski definition) is 2. The number of amides is 1. The second-order valence-electron chi connectivity index (χ2n) is 5.16. The average Bonchev–Trinajstić information content (AvgIpc) is 2.38. The number of nitrogens with two attached hydrogens (primary N) is 1. The molecule has 1 heterocycles. The fraction of sp³-hybridized carbons (Fsp3) is 0.538. The van der Waals surface area contributed by atoms with Crippen molar-refractivity contribution in [2.45, 2.75) is 38.6 Å². The second-order valence-corrected chi connectivity index (χ2v) is 5.16. The number of carbonyl (C=O) groups excluding carboxylic acids is 1. The van der Waals surface area contributed by atoms with Crippen LogP contribution in [-0.2, 0) is 4.79 Å². The van der Waals surface area contributed by atoms with Crippen molar-refractivity contribution >= 4 is 17.4 Å². The van der Waals surface area contributed by atoms with E-state index in [4.69, 9.17) is 5.73 Å². The maximum Gasteiger partial charge on any atom is 0.290 e. The summed E-state index contributed by atoms with van der Waals surface area (Å²) in [5, 5.41) is 13.9. The van der Waals surface area contributed by atoms with Crippen molar-refractivity contribution in [1.29, 1.82) is 0 Å². The molecule has 20 heavy (non-hydrogen) atoms. The summed E-state index contributed by atoms with van der Waals surface area (Å²) in [6, 6.07) is 1.58. The Morgan fingerprint density at radius 2 is 2.20 bits per heavy atom. The maximum absolute atomic E-state index is 11.4. The highest BCUT2D eigenvalue weighted by atomic mass is 16.6. The van der Waals surface area contributed by atoms with Gasteiger partial charge < -0.3 is 11.1 Å². The van der Waals surface area contributed by atoms with Crippen LogP contribution in [-0.4, -0.2) is 21.9 Å². The van der Waals surface area contributed by atoms with Crippen LogP contribution >= 0.6 is 0 Å². The van der Waals surface area contributed by atoms with Gasteiger partial charge >= 0.3 is 0 Å². The van der Waals surface area contributed by atoms with Gasteiger partial charge in [-0.1, -0.05) is 12.8 Å². The monoisotopic (exact) mass is 278 g/mol. The molecule has 1 aliphatic rings. The minimum Gasteiger partial charge on any atom is -0.369 e. The number of aromatic nitrogens is 1. The second kappa shape index (κ2) is 5.85. The molecule has 0 spiro atoms. The van der Waals surface area contributed by atoms with Crippen LogP contribution in [0.15, 0.2) is 12.3 Å². The van der Waals surface area contributed by atoms with Crippen molar-refractivity contribution < 1.29 is 9.72 Å². The number of carbonyl (C=O) groups is 1. The van der Waals surface area contributed by atoms with Crippen LogP contribution in [0, 0.1) is 23.0 Å². The molecule has 0 saturated heterocycles. The Morgan fingerprint density at radius 3 is 2.80 bits per heavy atom. The van der Waals surface area contributed by atoms with Crippen molar-refractivity contribution in [3.8, 4) is 0 Å². The lowest BCUT2D eigenvalue weighted by molar-refractivity contribution is -0.385. The molecule has 0 aromatic carbocycles. The zero-order chi connectivity index (χ0) is 14.7. The zero-order valence-electron chi connectivity index (χ0n) is 11.3. The minimum absolute atomic E-state index is 0.00866. The van der Waals surface area contributed by atoms with Gasteiger partial charge in [-0.3, -0.25) is 14.9 Å². The molecule has 7 nitrogen and oxygen atoms in total. The average molecular weight is 278 g/mol. The fourth-order valence-electron chi connectivity index (χ4n) is 2.65. The van der Waals surface area contributed by atoms with E-state index in [1.165, 1.54) is 6.20 Å². The fourth-order valence-corrected chi connectivity index (χ4v) is 2.65.